The number of pyridine rings is 1. The molecule has 3 rings (SSSR count). The van der Waals surface area contributed by atoms with Gasteiger partial charge in [-0.3, -0.25) is 10.3 Å². The van der Waals surface area contributed by atoms with Crippen LogP contribution >= 0.6 is 0 Å². The van der Waals surface area contributed by atoms with Gasteiger partial charge in [-0.25, -0.2) is 9.18 Å². The van der Waals surface area contributed by atoms with Crippen molar-refractivity contribution in [3.8, 4) is 5.75 Å². The van der Waals surface area contributed by atoms with Gasteiger partial charge in [0.15, 0.2) is 0 Å². The highest BCUT2D eigenvalue weighted by Gasteiger charge is 2.09. The number of nitrogens with one attached hydrogen (secondary N) is 1. The van der Waals surface area contributed by atoms with Crippen molar-refractivity contribution in [1.82, 2.24) is 4.98 Å². The molecule has 0 aliphatic rings. The van der Waals surface area contributed by atoms with E-state index in [1.54, 1.807) is 43.3 Å². The fourth-order valence-corrected chi connectivity index (χ4v) is 2.09. The van der Waals surface area contributed by atoms with E-state index >= 15 is 0 Å². The zero-order valence-electron chi connectivity index (χ0n) is 11.8. The van der Waals surface area contributed by atoms with E-state index < -0.39 is 6.09 Å². The van der Waals surface area contributed by atoms with Gasteiger partial charge >= 0.3 is 6.09 Å². The Morgan fingerprint density at radius 2 is 1.91 bits per heavy atom. The molecule has 3 aromatic rings. The van der Waals surface area contributed by atoms with Crippen molar-refractivity contribution in [2.24, 2.45) is 0 Å². The Labute approximate surface area is 126 Å². The monoisotopic (exact) mass is 296 g/mol. The molecule has 0 aliphatic carbocycles. The van der Waals surface area contributed by atoms with Crippen molar-refractivity contribution in [3.05, 3.63) is 66.1 Å². The summed E-state index contributed by atoms with van der Waals surface area (Å²) in [4.78, 5) is 16.2. The summed E-state index contributed by atoms with van der Waals surface area (Å²) in [6, 6.07) is 14.8. The smallest absolute Gasteiger partial charge is 0.410 e. The lowest BCUT2D eigenvalue weighted by molar-refractivity contribution is 0.215. The van der Waals surface area contributed by atoms with Gasteiger partial charge in [0, 0.05) is 11.5 Å². The number of carbonyl (C=O) groups is 1. The molecule has 1 heterocycles. The zero-order chi connectivity index (χ0) is 15.5. The van der Waals surface area contributed by atoms with Crippen molar-refractivity contribution < 1.29 is 13.9 Å². The summed E-state index contributed by atoms with van der Waals surface area (Å²) in [7, 11) is 0. The quantitative estimate of drug-likeness (QED) is 0.767. The topological polar surface area (TPSA) is 51.2 Å². The summed E-state index contributed by atoms with van der Waals surface area (Å²) in [6.45, 7) is 1.74. The molecular weight excluding hydrogens is 283 g/mol. The Morgan fingerprint density at radius 1 is 1.14 bits per heavy atom. The Kier molecular flexibility index (Phi) is 3.70. The van der Waals surface area contributed by atoms with Crippen molar-refractivity contribution in [2.75, 3.05) is 5.32 Å². The number of hydrogen-bond donors (Lipinski definition) is 1. The van der Waals surface area contributed by atoms with Crippen LogP contribution in [0, 0.1) is 12.7 Å². The van der Waals surface area contributed by atoms with Gasteiger partial charge in [0.05, 0.1) is 16.9 Å². The number of rotatable bonds is 2. The first-order chi connectivity index (χ1) is 10.6. The number of para-hydroxylation sites is 1. The van der Waals surface area contributed by atoms with Gasteiger partial charge in [-0.05, 0) is 37.3 Å². The summed E-state index contributed by atoms with van der Waals surface area (Å²) in [6.07, 6.45) is -0.599. The minimum atomic E-state index is -0.599. The second-order valence-electron chi connectivity index (χ2n) is 4.79. The van der Waals surface area contributed by atoms with E-state index in [0.29, 0.717) is 22.6 Å². The van der Waals surface area contributed by atoms with Crippen molar-refractivity contribution >= 4 is 22.7 Å². The number of benzene rings is 2. The van der Waals surface area contributed by atoms with E-state index in [1.165, 1.54) is 12.1 Å². The molecule has 0 spiro atoms. The van der Waals surface area contributed by atoms with Gasteiger partial charge in [-0.1, -0.05) is 18.2 Å². The Morgan fingerprint density at radius 3 is 2.68 bits per heavy atom. The van der Waals surface area contributed by atoms with Crippen LogP contribution < -0.4 is 10.1 Å². The average molecular weight is 296 g/mol. The predicted molar refractivity (Wildman–Crippen MR) is 82.5 cm³/mol. The van der Waals surface area contributed by atoms with Crippen molar-refractivity contribution in [3.63, 3.8) is 0 Å². The summed E-state index contributed by atoms with van der Waals surface area (Å²) < 4.78 is 18.4. The molecule has 1 N–H and O–H groups in total. The highest BCUT2D eigenvalue weighted by Crippen LogP contribution is 2.21. The number of aryl methyl sites for hydroxylation is 1. The molecule has 4 nitrogen and oxygen atoms in total. The number of amides is 1. The third-order valence-electron chi connectivity index (χ3n) is 3.16. The number of hydrogen-bond acceptors (Lipinski definition) is 3. The molecule has 1 amide bonds. The van der Waals surface area contributed by atoms with Crippen molar-refractivity contribution in [2.45, 2.75) is 6.92 Å². The third kappa shape index (κ3) is 3.03. The molecule has 2 aromatic carbocycles. The van der Waals surface area contributed by atoms with Crippen LogP contribution in [0.3, 0.4) is 0 Å². The Hall–Kier alpha value is -2.95. The normalized spacial score (nSPS) is 10.5. The van der Waals surface area contributed by atoms with Crippen LogP contribution in [-0.4, -0.2) is 11.1 Å². The highest BCUT2D eigenvalue weighted by atomic mass is 19.1. The van der Waals surface area contributed by atoms with Crippen LogP contribution in [0.5, 0.6) is 5.75 Å². The number of halogens is 1. The van der Waals surface area contributed by atoms with Gasteiger partial charge in [-0.15, -0.1) is 0 Å². The number of aromatic nitrogens is 1. The number of fused-ring (bicyclic) bond motifs is 1. The standard InChI is InChI=1S/C17H13FN2O2/c1-11-15(9-12-7-8-13(18)10-16(12)19-11)20-17(21)22-14-5-3-2-4-6-14/h2-10H,1H3,(H,20,21). The van der Waals surface area contributed by atoms with E-state index in [0.717, 1.165) is 5.39 Å². The second-order valence-corrected chi connectivity index (χ2v) is 4.79. The van der Waals surface area contributed by atoms with E-state index in [-0.39, 0.29) is 5.82 Å². The lowest BCUT2D eigenvalue weighted by Crippen LogP contribution is -2.17. The van der Waals surface area contributed by atoms with Crippen LogP contribution in [0.1, 0.15) is 5.69 Å². The minimum Gasteiger partial charge on any atom is -0.410 e. The first-order valence-corrected chi connectivity index (χ1v) is 6.72. The summed E-state index contributed by atoms with van der Waals surface area (Å²) >= 11 is 0. The molecule has 0 bridgehead atoms. The molecule has 0 saturated heterocycles. The number of anilines is 1. The van der Waals surface area contributed by atoms with Crippen LogP contribution in [0.4, 0.5) is 14.9 Å². The van der Waals surface area contributed by atoms with E-state index in [1.807, 2.05) is 6.07 Å². The van der Waals surface area contributed by atoms with E-state index in [2.05, 4.69) is 10.3 Å². The first kappa shape index (κ1) is 14.0. The maximum atomic E-state index is 13.2. The highest BCUT2D eigenvalue weighted by molar-refractivity contribution is 5.91. The second kappa shape index (κ2) is 5.81. The van der Waals surface area contributed by atoms with Gasteiger partial charge in [0.2, 0.25) is 0 Å². The molecule has 0 saturated carbocycles. The number of carbonyl (C=O) groups excluding carboxylic acids is 1. The number of ether oxygens (including phenoxy) is 1. The SMILES string of the molecule is Cc1nc2cc(F)ccc2cc1NC(=O)Oc1ccccc1. The molecule has 5 heteroatoms. The lowest BCUT2D eigenvalue weighted by atomic mass is 10.2. The fraction of sp³-hybridized carbons (Fsp3) is 0.0588. The molecule has 0 unspecified atom stereocenters. The molecule has 0 atom stereocenters. The van der Waals surface area contributed by atoms with Gasteiger partial charge < -0.3 is 4.74 Å². The van der Waals surface area contributed by atoms with Gasteiger partial charge in [-0.2, -0.15) is 0 Å². The minimum absolute atomic E-state index is 0.344. The van der Waals surface area contributed by atoms with Crippen molar-refractivity contribution in [1.29, 1.82) is 0 Å². The van der Waals surface area contributed by atoms with Gasteiger partial charge in [0.25, 0.3) is 0 Å². The fourth-order valence-electron chi connectivity index (χ4n) is 2.09. The van der Waals surface area contributed by atoms with Crippen LogP contribution in [0.2, 0.25) is 0 Å². The average Bonchev–Trinajstić information content (AvgIpc) is 2.49. The molecule has 0 radical (unpaired) electrons. The van der Waals surface area contributed by atoms with Crippen LogP contribution in [0.25, 0.3) is 10.9 Å². The van der Waals surface area contributed by atoms with Crippen LogP contribution in [-0.2, 0) is 0 Å². The Balaban J connectivity index is 1.82. The molecule has 0 aliphatic heterocycles. The zero-order valence-corrected chi connectivity index (χ0v) is 11.8. The maximum absolute atomic E-state index is 13.2. The molecule has 0 fully saturated rings. The molecular formula is C17H13FN2O2. The lowest BCUT2D eigenvalue weighted by Gasteiger charge is -2.10. The maximum Gasteiger partial charge on any atom is 0.417 e. The summed E-state index contributed by atoms with van der Waals surface area (Å²) in [5, 5.41) is 3.39. The molecule has 110 valence electrons. The Bertz CT molecular complexity index is 835. The predicted octanol–water partition coefficient (Wildman–Crippen LogP) is 4.29. The largest absolute Gasteiger partial charge is 0.417 e. The third-order valence-corrected chi connectivity index (χ3v) is 3.16. The van der Waals surface area contributed by atoms with Gasteiger partial charge in [0.1, 0.15) is 11.6 Å². The van der Waals surface area contributed by atoms with E-state index in [4.69, 9.17) is 4.74 Å². The van der Waals surface area contributed by atoms with Crippen LogP contribution in [0.15, 0.2) is 54.6 Å². The molecule has 1 aromatic heterocycles. The molecule has 22 heavy (non-hydrogen) atoms. The van der Waals surface area contributed by atoms with E-state index in [9.17, 15) is 9.18 Å². The summed E-state index contributed by atoms with van der Waals surface area (Å²) in [5.41, 5.74) is 1.66. The number of nitrogens with zero attached hydrogens (tertiary/aromatic N) is 1. The first-order valence-electron chi connectivity index (χ1n) is 6.72. The summed E-state index contributed by atoms with van der Waals surface area (Å²) in [5.74, 6) is 0.108.